The number of rotatable bonds is 5. The molecule has 1 aliphatic rings. The summed E-state index contributed by atoms with van der Waals surface area (Å²) in [6, 6.07) is 1.87. The molecule has 1 saturated heterocycles. The van der Waals surface area contributed by atoms with Gasteiger partial charge in [-0.15, -0.1) is 0 Å². The van der Waals surface area contributed by atoms with Crippen LogP contribution in [-0.2, 0) is 10.0 Å². The highest BCUT2D eigenvalue weighted by atomic mass is 32.2. The van der Waals surface area contributed by atoms with E-state index in [0.717, 1.165) is 16.9 Å². The summed E-state index contributed by atoms with van der Waals surface area (Å²) in [6.07, 6.45) is 8.28. The number of nitrogens with zero attached hydrogens (tertiary/aromatic N) is 6. The Morgan fingerprint density at radius 1 is 1.07 bits per heavy atom. The molecule has 0 N–H and O–H groups in total. The minimum Gasteiger partial charge on any atom is -0.469 e. The maximum absolute atomic E-state index is 12.1. The Morgan fingerprint density at radius 3 is 2.48 bits per heavy atom. The number of sulfonamides is 1. The largest absolute Gasteiger partial charge is 0.469 e. The number of furan rings is 1. The lowest BCUT2D eigenvalue weighted by molar-refractivity contribution is 0.383. The molecular weight excluding hydrogens is 392 g/mol. The van der Waals surface area contributed by atoms with Crippen molar-refractivity contribution in [3.05, 3.63) is 42.9 Å². The molecule has 0 aliphatic carbocycles. The second-order valence-electron chi connectivity index (χ2n) is 6.70. The molecule has 9 nitrogen and oxygen atoms in total. The molecule has 0 unspecified atom stereocenters. The van der Waals surface area contributed by atoms with Crippen molar-refractivity contribution in [1.29, 1.82) is 0 Å². The molecule has 0 atom stereocenters. The molecule has 0 aromatic carbocycles. The van der Waals surface area contributed by atoms with Gasteiger partial charge in [0.15, 0.2) is 0 Å². The van der Waals surface area contributed by atoms with E-state index < -0.39 is 10.0 Å². The fraction of sp³-hybridized carbons (Fsp3) is 0.368. The Bertz CT molecular complexity index is 1090. The van der Waals surface area contributed by atoms with Crippen LogP contribution in [0.15, 0.2) is 41.5 Å². The molecule has 3 aromatic rings. The van der Waals surface area contributed by atoms with E-state index in [1.165, 1.54) is 4.31 Å². The fourth-order valence-corrected chi connectivity index (χ4v) is 4.42. The van der Waals surface area contributed by atoms with Crippen molar-refractivity contribution in [3.8, 4) is 22.5 Å². The Kier molecular flexibility index (Phi) is 5.29. The summed E-state index contributed by atoms with van der Waals surface area (Å²) in [6.45, 7) is 5.46. The van der Waals surface area contributed by atoms with Crippen molar-refractivity contribution in [1.82, 2.24) is 24.2 Å². The molecule has 10 heteroatoms. The molecule has 29 heavy (non-hydrogen) atoms. The number of aromatic nitrogens is 4. The lowest BCUT2D eigenvalue weighted by atomic mass is 10.1. The molecule has 0 bridgehead atoms. The van der Waals surface area contributed by atoms with Crippen molar-refractivity contribution in [2.75, 3.05) is 36.8 Å². The third-order valence-corrected chi connectivity index (χ3v) is 6.89. The number of anilines is 1. The standard InChI is InChI=1S/C19H22N6O3S/c1-3-29(26,27)25-9-7-24(8-10-25)19-22-12-16(17-13-20-5-6-21-17)18(23-19)15-4-11-28-14(15)2/h4-6,11-13H,3,7-10H2,1-2H3. The van der Waals surface area contributed by atoms with Gasteiger partial charge in [-0.2, -0.15) is 4.31 Å². The van der Waals surface area contributed by atoms with Crippen LogP contribution in [0.4, 0.5) is 5.95 Å². The zero-order valence-electron chi connectivity index (χ0n) is 16.3. The lowest BCUT2D eigenvalue weighted by Crippen LogP contribution is -2.49. The molecule has 4 rings (SSSR count). The van der Waals surface area contributed by atoms with E-state index in [1.807, 2.05) is 17.9 Å². The van der Waals surface area contributed by atoms with E-state index >= 15 is 0 Å². The van der Waals surface area contributed by atoms with Crippen LogP contribution < -0.4 is 4.90 Å². The van der Waals surface area contributed by atoms with E-state index in [-0.39, 0.29) is 5.75 Å². The van der Waals surface area contributed by atoms with Gasteiger partial charge >= 0.3 is 0 Å². The molecule has 0 radical (unpaired) electrons. The van der Waals surface area contributed by atoms with E-state index in [9.17, 15) is 8.42 Å². The van der Waals surface area contributed by atoms with Gasteiger partial charge in [0.1, 0.15) is 5.76 Å². The summed E-state index contributed by atoms with van der Waals surface area (Å²) in [5, 5.41) is 0. The van der Waals surface area contributed by atoms with Crippen LogP contribution in [0, 0.1) is 6.92 Å². The monoisotopic (exact) mass is 414 g/mol. The first kappa shape index (κ1) is 19.5. The Hall–Kier alpha value is -2.85. The third-order valence-electron chi connectivity index (χ3n) is 5.01. The van der Waals surface area contributed by atoms with E-state index in [4.69, 9.17) is 9.40 Å². The van der Waals surface area contributed by atoms with Gasteiger partial charge in [-0.1, -0.05) is 0 Å². The molecule has 4 heterocycles. The second-order valence-corrected chi connectivity index (χ2v) is 8.96. The smallest absolute Gasteiger partial charge is 0.225 e. The zero-order valence-corrected chi connectivity index (χ0v) is 17.1. The highest BCUT2D eigenvalue weighted by Gasteiger charge is 2.27. The molecule has 0 spiro atoms. The summed E-state index contributed by atoms with van der Waals surface area (Å²) >= 11 is 0. The van der Waals surface area contributed by atoms with Crippen LogP contribution in [0.3, 0.4) is 0 Å². The summed E-state index contributed by atoms with van der Waals surface area (Å²) in [7, 11) is -3.18. The van der Waals surface area contributed by atoms with Gasteiger partial charge in [-0.25, -0.2) is 18.4 Å². The molecule has 1 aliphatic heterocycles. The highest BCUT2D eigenvalue weighted by Crippen LogP contribution is 2.32. The summed E-state index contributed by atoms with van der Waals surface area (Å²) < 4.78 is 31.2. The number of piperazine rings is 1. The van der Waals surface area contributed by atoms with Crippen molar-refractivity contribution in [2.45, 2.75) is 13.8 Å². The Morgan fingerprint density at radius 2 is 1.86 bits per heavy atom. The minimum atomic E-state index is -3.18. The number of hydrogen-bond acceptors (Lipinski definition) is 8. The van der Waals surface area contributed by atoms with Crippen LogP contribution in [0.1, 0.15) is 12.7 Å². The van der Waals surface area contributed by atoms with Gasteiger partial charge in [-0.3, -0.25) is 9.97 Å². The van der Waals surface area contributed by atoms with E-state index in [0.29, 0.717) is 43.5 Å². The maximum atomic E-state index is 12.1. The fourth-order valence-electron chi connectivity index (χ4n) is 3.34. The molecule has 3 aromatic heterocycles. The topological polar surface area (TPSA) is 105 Å². The number of hydrogen-bond donors (Lipinski definition) is 0. The summed E-state index contributed by atoms with van der Waals surface area (Å²) in [5.41, 5.74) is 3.01. The summed E-state index contributed by atoms with van der Waals surface area (Å²) in [5.74, 6) is 1.42. The Balaban J connectivity index is 1.68. The lowest BCUT2D eigenvalue weighted by Gasteiger charge is -2.34. The van der Waals surface area contributed by atoms with Crippen LogP contribution in [0.25, 0.3) is 22.5 Å². The second kappa shape index (κ2) is 7.88. The van der Waals surface area contributed by atoms with Gasteiger partial charge in [0.05, 0.1) is 29.6 Å². The Labute approximate surface area is 169 Å². The van der Waals surface area contributed by atoms with Gasteiger partial charge in [0, 0.05) is 55.9 Å². The van der Waals surface area contributed by atoms with Crippen LogP contribution >= 0.6 is 0 Å². The van der Waals surface area contributed by atoms with Gasteiger partial charge in [0.25, 0.3) is 0 Å². The van der Waals surface area contributed by atoms with Crippen LogP contribution in [0.5, 0.6) is 0 Å². The average molecular weight is 414 g/mol. The van der Waals surface area contributed by atoms with Crippen molar-refractivity contribution in [2.24, 2.45) is 0 Å². The zero-order chi connectivity index (χ0) is 20.4. The van der Waals surface area contributed by atoms with Gasteiger partial charge in [-0.05, 0) is 19.9 Å². The highest BCUT2D eigenvalue weighted by molar-refractivity contribution is 7.89. The molecule has 152 valence electrons. The first-order chi connectivity index (χ1) is 14.0. The van der Waals surface area contributed by atoms with E-state index in [2.05, 4.69) is 15.0 Å². The maximum Gasteiger partial charge on any atom is 0.225 e. The number of aryl methyl sites for hydroxylation is 1. The molecular formula is C19H22N6O3S. The van der Waals surface area contributed by atoms with Crippen LogP contribution in [0.2, 0.25) is 0 Å². The molecule has 0 saturated carbocycles. The molecule has 1 fully saturated rings. The SMILES string of the molecule is CCS(=O)(=O)N1CCN(c2ncc(-c3cnccn3)c(-c3ccoc3C)n2)CC1. The predicted molar refractivity (Wildman–Crippen MR) is 109 cm³/mol. The van der Waals surface area contributed by atoms with E-state index in [1.54, 1.807) is 38.0 Å². The third kappa shape index (κ3) is 3.85. The molecule has 0 amide bonds. The van der Waals surface area contributed by atoms with Crippen LogP contribution in [-0.4, -0.2) is 64.6 Å². The minimum absolute atomic E-state index is 0.111. The van der Waals surface area contributed by atoms with Crippen molar-refractivity contribution in [3.63, 3.8) is 0 Å². The van der Waals surface area contributed by atoms with Gasteiger partial charge in [0.2, 0.25) is 16.0 Å². The first-order valence-corrected chi connectivity index (χ1v) is 11.0. The normalized spacial score (nSPS) is 15.6. The quantitative estimate of drug-likeness (QED) is 0.624. The first-order valence-electron chi connectivity index (χ1n) is 9.40. The van der Waals surface area contributed by atoms with Gasteiger partial charge < -0.3 is 9.32 Å². The average Bonchev–Trinajstić information content (AvgIpc) is 3.20. The summed E-state index contributed by atoms with van der Waals surface area (Å²) in [4.78, 5) is 19.9. The van der Waals surface area contributed by atoms with Crippen molar-refractivity contribution >= 4 is 16.0 Å². The van der Waals surface area contributed by atoms with Crippen molar-refractivity contribution < 1.29 is 12.8 Å². The predicted octanol–water partition coefficient (Wildman–Crippen LogP) is 1.97.